The van der Waals surface area contributed by atoms with Crippen LogP contribution in [0.25, 0.3) is 0 Å². The van der Waals surface area contributed by atoms with Crippen LogP contribution in [0.2, 0.25) is 0 Å². The van der Waals surface area contributed by atoms with E-state index in [0.717, 1.165) is 6.54 Å². The molecule has 0 amide bonds. The zero-order valence-corrected chi connectivity index (χ0v) is 12.2. The van der Waals surface area contributed by atoms with Crippen LogP contribution in [0.4, 0.5) is 0 Å². The molecule has 0 heterocycles. The van der Waals surface area contributed by atoms with Crippen molar-refractivity contribution < 1.29 is 0 Å². The summed E-state index contributed by atoms with van der Waals surface area (Å²) in [6.07, 6.45) is 6.88. The molecular formula is C17H27N. The van der Waals surface area contributed by atoms with Gasteiger partial charge in [-0.1, -0.05) is 38.0 Å². The smallest absolute Gasteiger partial charge is 0.00109 e. The minimum Gasteiger partial charge on any atom is -0.316 e. The van der Waals surface area contributed by atoms with Crippen LogP contribution in [-0.4, -0.2) is 13.1 Å². The summed E-state index contributed by atoms with van der Waals surface area (Å²) in [7, 11) is 0. The molecule has 1 aliphatic carbocycles. The van der Waals surface area contributed by atoms with Crippen LogP contribution in [-0.2, 0) is 6.42 Å². The monoisotopic (exact) mass is 245 g/mol. The lowest BCUT2D eigenvalue weighted by atomic mass is 9.78. The molecular weight excluding hydrogens is 218 g/mol. The second-order valence-corrected chi connectivity index (χ2v) is 6.03. The molecule has 1 aliphatic rings. The maximum atomic E-state index is 3.59. The molecule has 0 bridgehead atoms. The third kappa shape index (κ3) is 2.95. The molecule has 18 heavy (non-hydrogen) atoms. The van der Waals surface area contributed by atoms with Gasteiger partial charge in [0.25, 0.3) is 0 Å². The molecule has 2 rings (SSSR count). The lowest BCUT2D eigenvalue weighted by Crippen LogP contribution is -2.34. The summed E-state index contributed by atoms with van der Waals surface area (Å²) in [4.78, 5) is 0. The van der Waals surface area contributed by atoms with Gasteiger partial charge in [-0.15, -0.1) is 0 Å². The van der Waals surface area contributed by atoms with Gasteiger partial charge in [0.05, 0.1) is 0 Å². The van der Waals surface area contributed by atoms with E-state index >= 15 is 0 Å². The Balaban J connectivity index is 2.18. The van der Waals surface area contributed by atoms with Crippen LogP contribution in [0.15, 0.2) is 18.2 Å². The molecule has 100 valence electrons. The highest BCUT2D eigenvalue weighted by atomic mass is 14.9. The van der Waals surface area contributed by atoms with Crippen LogP contribution in [0.3, 0.4) is 0 Å². The van der Waals surface area contributed by atoms with Crippen LogP contribution < -0.4 is 5.32 Å². The first-order chi connectivity index (χ1) is 8.67. The van der Waals surface area contributed by atoms with Gasteiger partial charge in [-0.2, -0.15) is 0 Å². The molecule has 1 fully saturated rings. The molecule has 0 saturated heterocycles. The van der Waals surface area contributed by atoms with E-state index in [4.69, 9.17) is 0 Å². The summed E-state index contributed by atoms with van der Waals surface area (Å²) >= 11 is 0. The number of nitrogens with one attached hydrogen (secondary N) is 1. The summed E-state index contributed by atoms with van der Waals surface area (Å²) in [5.41, 5.74) is 5.06. The zero-order valence-electron chi connectivity index (χ0n) is 12.2. The fourth-order valence-electron chi connectivity index (χ4n) is 3.43. The predicted molar refractivity (Wildman–Crippen MR) is 79.1 cm³/mol. The largest absolute Gasteiger partial charge is 0.316 e. The van der Waals surface area contributed by atoms with E-state index in [1.807, 2.05) is 0 Å². The van der Waals surface area contributed by atoms with Gasteiger partial charge < -0.3 is 5.32 Å². The van der Waals surface area contributed by atoms with Crippen molar-refractivity contribution in [1.82, 2.24) is 5.32 Å². The average molecular weight is 245 g/mol. The molecule has 0 unspecified atom stereocenters. The number of hydrogen-bond donors (Lipinski definition) is 1. The maximum absolute atomic E-state index is 3.59. The Labute approximate surface area is 112 Å². The van der Waals surface area contributed by atoms with E-state index in [-0.39, 0.29) is 0 Å². The quantitative estimate of drug-likeness (QED) is 0.826. The molecule has 1 heteroatoms. The average Bonchev–Trinajstić information content (AvgIpc) is 2.81. The van der Waals surface area contributed by atoms with E-state index in [2.05, 4.69) is 44.3 Å². The van der Waals surface area contributed by atoms with E-state index < -0.39 is 0 Å². The topological polar surface area (TPSA) is 12.0 Å². The molecule has 0 atom stereocenters. The Hall–Kier alpha value is -0.820. The van der Waals surface area contributed by atoms with Crippen LogP contribution in [0.1, 0.15) is 49.3 Å². The van der Waals surface area contributed by atoms with Crippen LogP contribution >= 0.6 is 0 Å². The van der Waals surface area contributed by atoms with Crippen molar-refractivity contribution >= 4 is 0 Å². The predicted octanol–water partition coefficient (Wildman–Crippen LogP) is 4.02. The minimum absolute atomic E-state index is 0.521. The van der Waals surface area contributed by atoms with Gasteiger partial charge in [0.15, 0.2) is 0 Å². The standard InChI is InChI=1S/C17H27N/c1-4-18-13-17(10-5-6-11-17)12-16-14(2)8-7-9-15(16)3/h7-9,18H,4-6,10-13H2,1-3H3. The molecule has 1 saturated carbocycles. The Bertz CT molecular complexity index is 368. The summed E-state index contributed by atoms with van der Waals surface area (Å²) in [6.45, 7) is 9.02. The van der Waals surface area contributed by atoms with E-state index in [0.29, 0.717) is 5.41 Å². The summed E-state index contributed by atoms with van der Waals surface area (Å²) in [6, 6.07) is 6.70. The molecule has 1 N–H and O–H groups in total. The van der Waals surface area contributed by atoms with Gasteiger partial charge >= 0.3 is 0 Å². The summed E-state index contributed by atoms with van der Waals surface area (Å²) < 4.78 is 0. The van der Waals surface area contributed by atoms with Crippen molar-refractivity contribution in [3.63, 3.8) is 0 Å². The Kier molecular flexibility index (Phi) is 4.45. The third-order valence-corrected chi connectivity index (χ3v) is 4.61. The number of benzene rings is 1. The van der Waals surface area contributed by atoms with Crippen molar-refractivity contribution in [2.75, 3.05) is 13.1 Å². The van der Waals surface area contributed by atoms with Crippen LogP contribution in [0.5, 0.6) is 0 Å². The number of hydrogen-bond acceptors (Lipinski definition) is 1. The fraction of sp³-hybridized carbons (Fsp3) is 0.647. The zero-order chi connectivity index (χ0) is 13.0. The second kappa shape index (κ2) is 5.88. The Morgan fingerprint density at radius 2 is 1.72 bits per heavy atom. The highest BCUT2D eigenvalue weighted by Gasteiger charge is 2.34. The van der Waals surface area contributed by atoms with Gasteiger partial charge in [-0.05, 0) is 61.8 Å². The van der Waals surface area contributed by atoms with E-state index in [9.17, 15) is 0 Å². The second-order valence-electron chi connectivity index (χ2n) is 6.03. The van der Waals surface area contributed by atoms with Gasteiger partial charge in [-0.3, -0.25) is 0 Å². The maximum Gasteiger partial charge on any atom is 0.00109 e. The van der Waals surface area contributed by atoms with Crippen molar-refractivity contribution in [1.29, 1.82) is 0 Å². The van der Waals surface area contributed by atoms with Crippen molar-refractivity contribution in [2.45, 2.75) is 52.9 Å². The van der Waals surface area contributed by atoms with Crippen molar-refractivity contribution in [3.8, 4) is 0 Å². The van der Waals surface area contributed by atoms with Gasteiger partial charge in [0.1, 0.15) is 0 Å². The number of rotatable bonds is 5. The molecule has 1 aromatic rings. The first-order valence-corrected chi connectivity index (χ1v) is 7.43. The highest BCUT2D eigenvalue weighted by Crippen LogP contribution is 2.41. The lowest BCUT2D eigenvalue weighted by Gasteiger charge is -2.31. The fourth-order valence-corrected chi connectivity index (χ4v) is 3.43. The van der Waals surface area contributed by atoms with Crippen molar-refractivity contribution in [2.24, 2.45) is 5.41 Å². The van der Waals surface area contributed by atoms with E-state index in [1.54, 1.807) is 5.56 Å². The molecule has 0 aliphatic heterocycles. The molecule has 0 spiro atoms. The first-order valence-electron chi connectivity index (χ1n) is 7.43. The lowest BCUT2D eigenvalue weighted by molar-refractivity contribution is 0.279. The van der Waals surface area contributed by atoms with Crippen LogP contribution in [0, 0.1) is 19.3 Å². The van der Waals surface area contributed by atoms with E-state index in [1.165, 1.54) is 49.8 Å². The summed E-state index contributed by atoms with van der Waals surface area (Å²) in [5.74, 6) is 0. The molecule has 0 radical (unpaired) electrons. The third-order valence-electron chi connectivity index (χ3n) is 4.61. The van der Waals surface area contributed by atoms with Crippen molar-refractivity contribution in [3.05, 3.63) is 34.9 Å². The molecule has 1 aromatic carbocycles. The SMILES string of the molecule is CCNCC1(Cc2c(C)cccc2C)CCCC1. The van der Waals surface area contributed by atoms with Gasteiger partial charge in [0, 0.05) is 6.54 Å². The van der Waals surface area contributed by atoms with Gasteiger partial charge in [-0.25, -0.2) is 0 Å². The summed E-state index contributed by atoms with van der Waals surface area (Å²) in [5, 5.41) is 3.59. The Morgan fingerprint density at radius 3 is 2.28 bits per heavy atom. The molecule has 0 aromatic heterocycles. The minimum atomic E-state index is 0.521. The highest BCUT2D eigenvalue weighted by molar-refractivity contribution is 5.34. The number of aryl methyl sites for hydroxylation is 2. The normalized spacial score (nSPS) is 18.2. The first kappa shape index (κ1) is 13.6. The Morgan fingerprint density at radius 1 is 1.11 bits per heavy atom. The van der Waals surface area contributed by atoms with Gasteiger partial charge in [0.2, 0.25) is 0 Å². The molecule has 1 nitrogen and oxygen atoms in total.